The molecule has 106 valence electrons. The lowest BCUT2D eigenvalue weighted by atomic mass is 10.1. The fraction of sp³-hybridized carbons (Fsp3) is 0.923. The maximum atomic E-state index is 11.5. The van der Waals surface area contributed by atoms with E-state index in [9.17, 15) is 4.79 Å². The van der Waals surface area contributed by atoms with Crippen LogP contribution in [-0.2, 0) is 4.74 Å². The molecule has 18 heavy (non-hydrogen) atoms. The molecule has 0 aliphatic carbocycles. The fourth-order valence-electron chi connectivity index (χ4n) is 1.90. The molecule has 1 aliphatic heterocycles. The average molecular weight is 257 g/mol. The van der Waals surface area contributed by atoms with Gasteiger partial charge in [0, 0.05) is 12.6 Å². The van der Waals surface area contributed by atoms with Gasteiger partial charge in [0.25, 0.3) is 0 Å². The van der Waals surface area contributed by atoms with E-state index in [4.69, 9.17) is 4.74 Å². The van der Waals surface area contributed by atoms with Crippen molar-refractivity contribution in [2.24, 2.45) is 0 Å². The first-order valence-electron chi connectivity index (χ1n) is 6.83. The molecular formula is C13H27N3O2. The number of carbonyl (C=O) groups is 1. The summed E-state index contributed by atoms with van der Waals surface area (Å²) in [6.07, 6.45) is 3.69. The van der Waals surface area contributed by atoms with Gasteiger partial charge >= 0.3 is 6.09 Å². The lowest BCUT2D eigenvalue weighted by Gasteiger charge is -2.27. The van der Waals surface area contributed by atoms with E-state index >= 15 is 0 Å². The van der Waals surface area contributed by atoms with Gasteiger partial charge in [0.1, 0.15) is 5.60 Å². The largest absolute Gasteiger partial charge is 0.444 e. The lowest BCUT2D eigenvalue weighted by molar-refractivity contribution is 0.0507. The minimum Gasteiger partial charge on any atom is -0.444 e. The summed E-state index contributed by atoms with van der Waals surface area (Å²) in [5.41, 5.74) is -0.442. The van der Waals surface area contributed by atoms with Gasteiger partial charge < -0.3 is 15.4 Å². The first-order chi connectivity index (χ1) is 8.37. The van der Waals surface area contributed by atoms with Gasteiger partial charge in [0.15, 0.2) is 0 Å². The third kappa shape index (κ3) is 6.81. The summed E-state index contributed by atoms with van der Waals surface area (Å²) in [6, 6.07) is 0.0589. The van der Waals surface area contributed by atoms with Crippen molar-refractivity contribution in [1.82, 2.24) is 16.0 Å². The number of alkyl carbamates (subject to hydrolysis) is 1. The molecule has 0 aromatic heterocycles. The van der Waals surface area contributed by atoms with Crippen LogP contribution in [-0.4, -0.2) is 37.0 Å². The minimum absolute atomic E-state index is 0.0589. The van der Waals surface area contributed by atoms with Crippen LogP contribution in [0.4, 0.5) is 4.79 Å². The van der Waals surface area contributed by atoms with Crippen molar-refractivity contribution >= 4 is 6.09 Å². The molecule has 5 heteroatoms. The van der Waals surface area contributed by atoms with E-state index in [0.29, 0.717) is 6.17 Å². The molecule has 1 heterocycles. The molecule has 1 fully saturated rings. The SMILES string of the molecule is C[C@H](CNC1CCCCN1)NC(=O)OC(C)(C)C. The molecule has 1 unspecified atom stereocenters. The number of ether oxygens (including phenoxy) is 1. The van der Waals surface area contributed by atoms with Gasteiger partial charge in [0.2, 0.25) is 0 Å². The third-order valence-electron chi connectivity index (χ3n) is 2.74. The van der Waals surface area contributed by atoms with Crippen LogP contribution in [0.15, 0.2) is 0 Å². The van der Waals surface area contributed by atoms with Gasteiger partial charge in [-0.05, 0) is 53.5 Å². The summed E-state index contributed by atoms with van der Waals surface area (Å²) in [5.74, 6) is 0. The number of hydrogen-bond acceptors (Lipinski definition) is 4. The predicted molar refractivity (Wildman–Crippen MR) is 72.5 cm³/mol. The molecule has 2 atom stereocenters. The summed E-state index contributed by atoms with van der Waals surface area (Å²) in [6.45, 7) is 9.38. The Kier molecular flexibility index (Phi) is 5.88. The molecule has 0 aromatic carbocycles. The zero-order chi connectivity index (χ0) is 13.6. The molecule has 0 radical (unpaired) electrons. The second-order valence-electron chi connectivity index (χ2n) is 5.96. The Balaban J connectivity index is 2.16. The van der Waals surface area contributed by atoms with Crippen LogP contribution in [0.3, 0.4) is 0 Å². The van der Waals surface area contributed by atoms with Crippen molar-refractivity contribution in [3.8, 4) is 0 Å². The molecule has 5 nitrogen and oxygen atoms in total. The van der Waals surface area contributed by atoms with Crippen molar-refractivity contribution in [2.75, 3.05) is 13.1 Å². The van der Waals surface area contributed by atoms with Gasteiger partial charge in [-0.1, -0.05) is 0 Å². The van der Waals surface area contributed by atoms with Crippen molar-refractivity contribution in [1.29, 1.82) is 0 Å². The highest BCUT2D eigenvalue weighted by Gasteiger charge is 2.18. The van der Waals surface area contributed by atoms with E-state index in [1.807, 2.05) is 27.7 Å². The molecule has 0 aromatic rings. The number of nitrogens with one attached hydrogen (secondary N) is 3. The molecule has 1 saturated heterocycles. The molecule has 1 amide bonds. The predicted octanol–water partition coefficient (Wildman–Crippen LogP) is 1.59. The Bertz CT molecular complexity index is 257. The molecule has 1 rings (SSSR count). The highest BCUT2D eigenvalue weighted by molar-refractivity contribution is 5.68. The van der Waals surface area contributed by atoms with Crippen molar-refractivity contribution < 1.29 is 9.53 Å². The summed E-state index contributed by atoms with van der Waals surface area (Å²) < 4.78 is 5.21. The second kappa shape index (κ2) is 6.95. The van der Waals surface area contributed by atoms with Crippen LogP contribution in [0.1, 0.15) is 47.0 Å². The van der Waals surface area contributed by atoms with E-state index in [1.165, 1.54) is 12.8 Å². The maximum Gasteiger partial charge on any atom is 0.407 e. The number of piperidine rings is 1. The summed E-state index contributed by atoms with van der Waals surface area (Å²) in [7, 11) is 0. The fourth-order valence-corrected chi connectivity index (χ4v) is 1.90. The Morgan fingerprint density at radius 2 is 2.17 bits per heavy atom. The lowest BCUT2D eigenvalue weighted by Crippen LogP contribution is -2.50. The summed E-state index contributed by atoms with van der Waals surface area (Å²) >= 11 is 0. The van der Waals surface area contributed by atoms with Gasteiger partial charge in [-0.15, -0.1) is 0 Å². The number of hydrogen-bond donors (Lipinski definition) is 3. The zero-order valence-corrected chi connectivity index (χ0v) is 12.0. The van der Waals surface area contributed by atoms with Crippen molar-refractivity contribution in [3.05, 3.63) is 0 Å². The van der Waals surface area contributed by atoms with Crippen LogP contribution in [0, 0.1) is 0 Å². The van der Waals surface area contributed by atoms with Crippen LogP contribution < -0.4 is 16.0 Å². The van der Waals surface area contributed by atoms with E-state index in [2.05, 4.69) is 16.0 Å². The number of rotatable bonds is 4. The number of carbonyl (C=O) groups excluding carboxylic acids is 1. The van der Waals surface area contributed by atoms with Gasteiger partial charge in [-0.25, -0.2) is 4.79 Å². The first-order valence-corrected chi connectivity index (χ1v) is 6.83. The van der Waals surface area contributed by atoms with Crippen LogP contribution in [0.5, 0.6) is 0 Å². The Hall–Kier alpha value is -0.810. The topological polar surface area (TPSA) is 62.4 Å². The quantitative estimate of drug-likeness (QED) is 0.715. The van der Waals surface area contributed by atoms with E-state index < -0.39 is 5.60 Å². The molecule has 0 spiro atoms. The molecule has 3 N–H and O–H groups in total. The van der Waals surface area contributed by atoms with Crippen LogP contribution >= 0.6 is 0 Å². The highest BCUT2D eigenvalue weighted by atomic mass is 16.6. The Morgan fingerprint density at radius 3 is 2.72 bits per heavy atom. The molecule has 0 bridgehead atoms. The zero-order valence-electron chi connectivity index (χ0n) is 12.0. The maximum absolute atomic E-state index is 11.5. The van der Waals surface area contributed by atoms with Gasteiger partial charge in [0.05, 0.1) is 6.17 Å². The highest BCUT2D eigenvalue weighted by Crippen LogP contribution is 2.07. The van der Waals surface area contributed by atoms with E-state index in [1.54, 1.807) is 0 Å². The smallest absolute Gasteiger partial charge is 0.407 e. The van der Waals surface area contributed by atoms with E-state index in [-0.39, 0.29) is 12.1 Å². The van der Waals surface area contributed by atoms with E-state index in [0.717, 1.165) is 19.5 Å². The normalized spacial score (nSPS) is 22.3. The number of amides is 1. The molecular weight excluding hydrogens is 230 g/mol. The first kappa shape index (κ1) is 15.2. The van der Waals surface area contributed by atoms with Crippen molar-refractivity contribution in [2.45, 2.75) is 64.8 Å². The monoisotopic (exact) mass is 257 g/mol. The summed E-state index contributed by atoms with van der Waals surface area (Å²) in [4.78, 5) is 11.5. The Morgan fingerprint density at radius 1 is 1.44 bits per heavy atom. The van der Waals surface area contributed by atoms with Crippen LogP contribution in [0.25, 0.3) is 0 Å². The van der Waals surface area contributed by atoms with Crippen molar-refractivity contribution in [3.63, 3.8) is 0 Å². The minimum atomic E-state index is -0.442. The van der Waals surface area contributed by atoms with Crippen LogP contribution in [0.2, 0.25) is 0 Å². The third-order valence-corrected chi connectivity index (χ3v) is 2.74. The molecule has 1 aliphatic rings. The second-order valence-corrected chi connectivity index (χ2v) is 5.96. The Labute approximate surface area is 110 Å². The molecule has 0 saturated carbocycles. The van der Waals surface area contributed by atoms with Gasteiger partial charge in [-0.2, -0.15) is 0 Å². The standard InChI is InChI=1S/C13H27N3O2/c1-10(16-12(17)18-13(2,3)4)9-15-11-7-5-6-8-14-11/h10-11,14-15H,5-9H2,1-4H3,(H,16,17)/t10-,11?/m1/s1. The van der Waals surface area contributed by atoms with Gasteiger partial charge in [-0.3, -0.25) is 5.32 Å². The summed E-state index contributed by atoms with van der Waals surface area (Å²) in [5, 5.41) is 9.64. The average Bonchev–Trinajstić information content (AvgIpc) is 2.25.